The van der Waals surface area contributed by atoms with Gasteiger partial charge in [-0.05, 0) is 31.2 Å². The van der Waals surface area contributed by atoms with Crippen LogP contribution in [-0.2, 0) is 11.8 Å². The van der Waals surface area contributed by atoms with E-state index >= 15 is 0 Å². The Labute approximate surface area is 203 Å². The van der Waals surface area contributed by atoms with Crippen LogP contribution in [-0.4, -0.2) is 43.4 Å². The van der Waals surface area contributed by atoms with E-state index in [0.717, 1.165) is 11.3 Å². The molecule has 0 bridgehead atoms. The fourth-order valence-corrected chi connectivity index (χ4v) is 4.59. The molecular formula is C22H20N6O4S2. The summed E-state index contributed by atoms with van der Waals surface area (Å²) >= 11 is 2.52. The van der Waals surface area contributed by atoms with Crippen molar-refractivity contribution in [1.29, 1.82) is 0 Å². The lowest BCUT2D eigenvalue weighted by atomic mass is 10.1. The number of nitro benzene ring substituents is 1. The first kappa shape index (κ1) is 23.4. The first-order valence-corrected chi connectivity index (χ1v) is 11.9. The van der Waals surface area contributed by atoms with Crippen molar-refractivity contribution in [2.24, 2.45) is 7.05 Å². The van der Waals surface area contributed by atoms with Crippen LogP contribution in [0.2, 0.25) is 0 Å². The highest BCUT2D eigenvalue weighted by Gasteiger charge is 2.16. The van der Waals surface area contributed by atoms with Crippen LogP contribution in [0.3, 0.4) is 0 Å². The minimum atomic E-state index is -0.419. The molecule has 0 aliphatic heterocycles. The van der Waals surface area contributed by atoms with E-state index in [2.05, 4.69) is 20.5 Å². The van der Waals surface area contributed by atoms with E-state index in [1.54, 1.807) is 31.5 Å². The van der Waals surface area contributed by atoms with E-state index in [1.807, 2.05) is 35.9 Å². The minimum Gasteiger partial charge on any atom is -0.497 e. The Kier molecular flexibility index (Phi) is 6.89. The van der Waals surface area contributed by atoms with E-state index in [-0.39, 0.29) is 17.3 Å². The Balaban J connectivity index is 1.38. The monoisotopic (exact) mass is 496 g/mol. The number of thiazole rings is 1. The lowest BCUT2D eigenvalue weighted by Crippen LogP contribution is -2.14. The molecule has 0 spiro atoms. The molecule has 0 unspecified atom stereocenters. The van der Waals surface area contributed by atoms with Crippen molar-refractivity contribution < 1.29 is 14.5 Å². The van der Waals surface area contributed by atoms with Gasteiger partial charge in [0.15, 0.2) is 16.1 Å². The van der Waals surface area contributed by atoms with E-state index in [9.17, 15) is 14.9 Å². The van der Waals surface area contributed by atoms with Crippen molar-refractivity contribution >= 4 is 39.8 Å². The Morgan fingerprint density at radius 1 is 1.21 bits per heavy atom. The zero-order valence-corrected chi connectivity index (χ0v) is 20.1. The lowest BCUT2D eigenvalue weighted by molar-refractivity contribution is -0.385. The van der Waals surface area contributed by atoms with Crippen molar-refractivity contribution in [2.45, 2.75) is 12.1 Å². The fraction of sp³-hybridized carbons (Fsp3) is 0.182. The van der Waals surface area contributed by atoms with Gasteiger partial charge >= 0.3 is 0 Å². The maximum atomic E-state index is 12.5. The second-order valence-electron chi connectivity index (χ2n) is 7.23. The molecule has 1 amide bonds. The molecule has 0 aliphatic carbocycles. The first-order chi connectivity index (χ1) is 16.4. The number of aryl methyl sites for hydroxylation is 1. The number of anilines is 1. The number of methoxy groups -OCH3 is 1. The number of amides is 1. The first-order valence-electron chi connectivity index (χ1n) is 10.0. The summed E-state index contributed by atoms with van der Waals surface area (Å²) < 4.78 is 7.00. The summed E-state index contributed by atoms with van der Waals surface area (Å²) in [6.07, 6.45) is 0. The summed E-state index contributed by atoms with van der Waals surface area (Å²) in [5, 5.41) is 25.1. The third-order valence-corrected chi connectivity index (χ3v) is 6.75. The van der Waals surface area contributed by atoms with Gasteiger partial charge in [0.2, 0.25) is 5.91 Å². The zero-order chi connectivity index (χ0) is 24.2. The zero-order valence-electron chi connectivity index (χ0n) is 18.5. The normalized spacial score (nSPS) is 10.8. The second kappa shape index (κ2) is 10.0. The molecule has 0 fully saturated rings. The number of hydrogen-bond donors (Lipinski definition) is 1. The summed E-state index contributed by atoms with van der Waals surface area (Å²) in [6.45, 7) is 1.68. The van der Waals surface area contributed by atoms with Gasteiger partial charge in [-0.25, -0.2) is 4.98 Å². The smallest absolute Gasteiger partial charge is 0.272 e. The molecule has 2 aromatic heterocycles. The van der Waals surface area contributed by atoms with Gasteiger partial charge in [-0.15, -0.1) is 21.5 Å². The molecule has 0 saturated heterocycles. The van der Waals surface area contributed by atoms with Gasteiger partial charge in [-0.2, -0.15) is 0 Å². The number of nitrogens with zero attached hydrogens (tertiary/aromatic N) is 5. The van der Waals surface area contributed by atoms with Crippen LogP contribution < -0.4 is 10.1 Å². The quantitative estimate of drug-likeness (QED) is 0.214. The van der Waals surface area contributed by atoms with Gasteiger partial charge in [0.1, 0.15) is 5.75 Å². The second-order valence-corrected chi connectivity index (χ2v) is 9.03. The topological polar surface area (TPSA) is 125 Å². The molecular weight excluding hydrogens is 476 g/mol. The molecule has 174 valence electrons. The molecule has 1 N–H and O–H groups in total. The average molecular weight is 497 g/mol. The third-order valence-electron chi connectivity index (χ3n) is 4.97. The summed E-state index contributed by atoms with van der Waals surface area (Å²) in [7, 11) is 3.45. The van der Waals surface area contributed by atoms with Crippen LogP contribution in [0.4, 0.5) is 10.8 Å². The maximum absolute atomic E-state index is 12.5. The Hall–Kier alpha value is -3.77. The van der Waals surface area contributed by atoms with Crippen LogP contribution >= 0.6 is 23.1 Å². The van der Waals surface area contributed by atoms with E-state index < -0.39 is 4.92 Å². The highest BCUT2D eigenvalue weighted by atomic mass is 32.2. The highest BCUT2D eigenvalue weighted by Crippen LogP contribution is 2.30. The Bertz CT molecular complexity index is 1350. The minimum absolute atomic E-state index is 0.0326. The van der Waals surface area contributed by atoms with Crippen LogP contribution in [0.15, 0.2) is 53.0 Å². The number of carbonyl (C=O) groups excluding carboxylic acids is 1. The number of carbonyl (C=O) groups is 1. The van der Waals surface area contributed by atoms with Crippen molar-refractivity contribution in [2.75, 3.05) is 18.2 Å². The predicted octanol–water partition coefficient (Wildman–Crippen LogP) is 4.56. The Morgan fingerprint density at radius 3 is 2.65 bits per heavy atom. The maximum Gasteiger partial charge on any atom is 0.272 e. The number of ether oxygens (including phenoxy) is 1. The molecule has 12 heteroatoms. The van der Waals surface area contributed by atoms with Crippen LogP contribution in [0.25, 0.3) is 22.6 Å². The number of hydrogen-bond acceptors (Lipinski definition) is 9. The predicted molar refractivity (Wildman–Crippen MR) is 131 cm³/mol. The van der Waals surface area contributed by atoms with Crippen molar-refractivity contribution in [3.63, 3.8) is 0 Å². The average Bonchev–Trinajstić information content (AvgIpc) is 3.44. The molecule has 0 saturated carbocycles. The van der Waals surface area contributed by atoms with Crippen molar-refractivity contribution in [1.82, 2.24) is 19.7 Å². The van der Waals surface area contributed by atoms with Crippen molar-refractivity contribution in [3.05, 3.63) is 63.5 Å². The van der Waals surface area contributed by atoms with Crippen molar-refractivity contribution in [3.8, 4) is 28.4 Å². The summed E-state index contributed by atoms with van der Waals surface area (Å²) in [6, 6.07) is 12.4. The standard InChI is InChI=1S/C22H20N6O4S2/c1-13-4-5-15(10-18(13)28(30)31)17-11-33-21(23-17)24-19(29)12-34-22-26-25-20(27(22)2)14-6-8-16(32-3)9-7-14/h4-11H,12H2,1-3H3,(H,23,24,29). The number of nitrogens with one attached hydrogen (secondary N) is 1. The molecule has 2 aromatic carbocycles. The SMILES string of the molecule is COc1ccc(-c2nnc(SCC(=O)Nc3nc(-c4ccc(C)c([N+](=O)[O-])c4)cs3)n2C)cc1. The summed E-state index contributed by atoms with van der Waals surface area (Å²) in [5.41, 5.74) is 2.68. The van der Waals surface area contributed by atoms with E-state index in [4.69, 9.17) is 4.74 Å². The summed E-state index contributed by atoms with van der Waals surface area (Å²) in [5.74, 6) is 1.32. The Morgan fingerprint density at radius 2 is 1.94 bits per heavy atom. The van der Waals surface area contributed by atoms with Gasteiger partial charge < -0.3 is 14.6 Å². The molecule has 2 heterocycles. The summed E-state index contributed by atoms with van der Waals surface area (Å²) in [4.78, 5) is 27.6. The molecule has 34 heavy (non-hydrogen) atoms. The molecule has 0 atom stereocenters. The van der Waals surface area contributed by atoms with Gasteiger partial charge in [0.25, 0.3) is 5.69 Å². The lowest BCUT2D eigenvalue weighted by Gasteiger charge is -2.05. The fourth-order valence-electron chi connectivity index (χ4n) is 3.15. The molecule has 0 radical (unpaired) electrons. The highest BCUT2D eigenvalue weighted by molar-refractivity contribution is 7.99. The number of rotatable bonds is 8. The van der Waals surface area contributed by atoms with E-state index in [1.165, 1.54) is 29.2 Å². The van der Waals surface area contributed by atoms with Gasteiger partial charge in [-0.1, -0.05) is 23.9 Å². The van der Waals surface area contributed by atoms with Gasteiger partial charge in [0, 0.05) is 35.2 Å². The molecule has 4 aromatic rings. The largest absolute Gasteiger partial charge is 0.497 e. The van der Waals surface area contributed by atoms with E-state index in [0.29, 0.717) is 32.9 Å². The molecule has 10 nitrogen and oxygen atoms in total. The number of aromatic nitrogens is 4. The number of benzene rings is 2. The molecule has 4 rings (SSSR count). The molecule has 0 aliphatic rings. The van der Waals surface area contributed by atoms with Crippen LogP contribution in [0.1, 0.15) is 5.56 Å². The number of thioether (sulfide) groups is 1. The van der Waals surface area contributed by atoms with Gasteiger partial charge in [0.05, 0.1) is 23.5 Å². The van der Waals surface area contributed by atoms with Gasteiger partial charge in [-0.3, -0.25) is 14.9 Å². The van der Waals surface area contributed by atoms with Crippen LogP contribution in [0, 0.1) is 17.0 Å². The van der Waals surface area contributed by atoms with Crippen LogP contribution in [0.5, 0.6) is 5.75 Å². The third kappa shape index (κ3) is 5.07. The number of nitro groups is 1.